The molecular weight excluding hydrogens is 300 g/mol. The summed E-state index contributed by atoms with van der Waals surface area (Å²) in [7, 11) is 0. The molecule has 1 aliphatic heterocycles. The first-order chi connectivity index (χ1) is 11.0. The Hall–Kier alpha value is -2.64. The van der Waals surface area contributed by atoms with Gasteiger partial charge < -0.3 is 9.88 Å². The third kappa shape index (κ3) is 2.84. The quantitative estimate of drug-likeness (QED) is 0.774. The van der Waals surface area contributed by atoms with Gasteiger partial charge in [0.2, 0.25) is 0 Å². The van der Waals surface area contributed by atoms with Crippen molar-refractivity contribution >= 4 is 17.8 Å². The van der Waals surface area contributed by atoms with E-state index in [1.807, 2.05) is 0 Å². The molecule has 23 heavy (non-hydrogen) atoms. The predicted octanol–water partition coefficient (Wildman–Crippen LogP) is 0.134. The largest absolute Gasteiger partial charge is 0.344 e. The molecule has 1 spiro atoms. The van der Waals surface area contributed by atoms with Crippen molar-refractivity contribution in [2.24, 2.45) is 0 Å². The number of pyridine rings is 1. The van der Waals surface area contributed by atoms with Crippen LogP contribution in [0.1, 0.15) is 32.1 Å². The van der Waals surface area contributed by atoms with Gasteiger partial charge in [0.25, 0.3) is 17.4 Å². The van der Waals surface area contributed by atoms with Crippen LogP contribution < -0.4 is 16.3 Å². The summed E-state index contributed by atoms with van der Waals surface area (Å²) in [5.41, 5.74) is 1.09. The van der Waals surface area contributed by atoms with Crippen LogP contribution in [0.25, 0.3) is 0 Å². The Bertz CT molecular complexity index is 705. The van der Waals surface area contributed by atoms with Gasteiger partial charge in [-0.2, -0.15) is 5.01 Å². The molecule has 3 rings (SSSR count). The van der Waals surface area contributed by atoms with Gasteiger partial charge in [-0.1, -0.05) is 25.3 Å². The molecule has 8 heteroatoms. The van der Waals surface area contributed by atoms with E-state index in [0.717, 1.165) is 24.3 Å². The minimum absolute atomic E-state index is 0.260. The normalized spacial score (nSPS) is 19.7. The summed E-state index contributed by atoms with van der Waals surface area (Å²) >= 11 is 0. The molecule has 2 N–H and O–H groups in total. The zero-order valence-electron chi connectivity index (χ0n) is 12.6. The summed E-state index contributed by atoms with van der Waals surface area (Å²) in [6, 6.07) is 3.91. The Balaban J connectivity index is 1.69. The molecule has 0 radical (unpaired) electrons. The van der Waals surface area contributed by atoms with E-state index in [2.05, 4.69) is 10.7 Å². The molecule has 0 unspecified atom stereocenters. The molecule has 122 valence electrons. The number of aromatic nitrogens is 1. The maximum absolute atomic E-state index is 12.5. The lowest BCUT2D eigenvalue weighted by Gasteiger charge is -2.30. The number of nitrogens with zero attached hydrogens (tertiary/aromatic N) is 2. The van der Waals surface area contributed by atoms with E-state index in [0.29, 0.717) is 12.8 Å². The Morgan fingerprint density at radius 3 is 2.61 bits per heavy atom. The Morgan fingerprint density at radius 1 is 1.17 bits per heavy atom. The number of hydrogen-bond donors (Lipinski definition) is 2. The van der Waals surface area contributed by atoms with Gasteiger partial charge in [-0.25, -0.2) is 4.79 Å². The number of hydrazine groups is 1. The molecule has 0 atom stereocenters. The van der Waals surface area contributed by atoms with Crippen molar-refractivity contribution in [1.29, 1.82) is 0 Å². The molecule has 2 aliphatic rings. The average Bonchev–Trinajstić information content (AvgIpc) is 2.75. The third-order valence-electron chi connectivity index (χ3n) is 4.32. The van der Waals surface area contributed by atoms with Crippen LogP contribution in [0.4, 0.5) is 4.79 Å². The van der Waals surface area contributed by atoms with Gasteiger partial charge in [0.15, 0.2) is 0 Å². The van der Waals surface area contributed by atoms with Gasteiger partial charge in [-0.05, 0) is 18.9 Å². The van der Waals surface area contributed by atoms with Gasteiger partial charge in [-0.15, -0.1) is 0 Å². The Labute approximate surface area is 132 Å². The fourth-order valence-corrected chi connectivity index (χ4v) is 3.12. The van der Waals surface area contributed by atoms with Crippen LogP contribution in [0.5, 0.6) is 0 Å². The molecule has 1 aliphatic carbocycles. The van der Waals surface area contributed by atoms with E-state index in [1.165, 1.54) is 16.8 Å². The van der Waals surface area contributed by atoms with Crippen LogP contribution in [0.3, 0.4) is 0 Å². The van der Waals surface area contributed by atoms with Crippen LogP contribution in [0.2, 0.25) is 0 Å². The van der Waals surface area contributed by atoms with Crippen molar-refractivity contribution in [2.45, 2.75) is 44.2 Å². The maximum atomic E-state index is 12.5. The van der Waals surface area contributed by atoms with Crippen LogP contribution in [0.15, 0.2) is 29.2 Å². The molecule has 8 nitrogen and oxygen atoms in total. The van der Waals surface area contributed by atoms with Crippen LogP contribution in [0, 0.1) is 0 Å². The Morgan fingerprint density at radius 2 is 1.91 bits per heavy atom. The van der Waals surface area contributed by atoms with Gasteiger partial charge in [-0.3, -0.25) is 19.8 Å². The van der Waals surface area contributed by atoms with E-state index in [9.17, 15) is 19.2 Å². The molecule has 0 aromatic carbocycles. The number of carbonyl (C=O) groups excluding carboxylic acids is 3. The summed E-state index contributed by atoms with van der Waals surface area (Å²) in [4.78, 5) is 48.2. The van der Waals surface area contributed by atoms with Crippen LogP contribution >= 0.6 is 0 Å². The fourth-order valence-electron chi connectivity index (χ4n) is 3.12. The van der Waals surface area contributed by atoms with Crippen molar-refractivity contribution in [3.8, 4) is 0 Å². The van der Waals surface area contributed by atoms with Crippen molar-refractivity contribution in [2.75, 3.05) is 0 Å². The number of urea groups is 1. The first kappa shape index (κ1) is 15.3. The molecule has 1 saturated heterocycles. The number of imide groups is 1. The van der Waals surface area contributed by atoms with Crippen molar-refractivity contribution < 1.29 is 14.4 Å². The monoisotopic (exact) mass is 318 g/mol. The van der Waals surface area contributed by atoms with E-state index in [4.69, 9.17) is 0 Å². The minimum Gasteiger partial charge on any atom is -0.322 e. The zero-order valence-corrected chi connectivity index (χ0v) is 12.6. The molecule has 2 fully saturated rings. The second kappa shape index (κ2) is 5.86. The first-order valence-corrected chi connectivity index (χ1v) is 7.63. The third-order valence-corrected chi connectivity index (χ3v) is 4.32. The molecule has 2 heterocycles. The number of carbonyl (C=O) groups is 3. The highest BCUT2D eigenvalue weighted by molar-refractivity contribution is 6.07. The van der Waals surface area contributed by atoms with Gasteiger partial charge in [0.1, 0.15) is 12.1 Å². The molecule has 1 aromatic rings. The topological polar surface area (TPSA) is 101 Å². The van der Waals surface area contributed by atoms with Gasteiger partial charge >= 0.3 is 6.03 Å². The number of nitrogens with one attached hydrogen (secondary N) is 2. The fraction of sp³-hybridized carbons (Fsp3) is 0.467. The minimum atomic E-state index is -0.883. The highest BCUT2D eigenvalue weighted by atomic mass is 16.2. The molecule has 4 amide bonds. The summed E-state index contributed by atoms with van der Waals surface area (Å²) in [6.45, 7) is -0.260. The lowest BCUT2D eigenvalue weighted by atomic mass is 9.82. The summed E-state index contributed by atoms with van der Waals surface area (Å²) in [5, 5.41) is 3.44. The summed E-state index contributed by atoms with van der Waals surface area (Å²) in [5.74, 6) is -1.02. The number of rotatable bonds is 3. The zero-order chi connectivity index (χ0) is 16.4. The highest BCUT2D eigenvalue weighted by Crippen LogP contribution is 2.32. The van der Waals surface area contributed by atoms with Crippen LogP contribution in [-0.2, 0) is 16.1 Å². The van der Waals surface area contributed by atoms with Crippen molar-refractivity contribution in [3.63, 3.8) is 0 Å². The van der Waals surface area contributed by atoms with E-state index >= 15 is 0 Å². The number of hydrogen-bond acceptors (Lipinski definition) is 4. The highest BCUT2D eigenvalue weighted by Gasteiger charge is 2.52. The smallest absolute Gasteiger partial charge is 0.322 e. The van der Waals surface area contributed by atoms with Gasteiger partial charge in [0.05, 0.1) is 0 Å². The van der Waals surface area contributed by atoms with Crippen molar-refractivity contribution in [1.82, 2.24) is 20.3 Å². The van der Waals surface area contributed by atoms with E-state index < -0.39 is 23.4 Å². The molecular formula is C15H18N4O4. The Kier molecular flexibility index (Phi) is 3.89. The second-order valence-electron chi connectivity index (χ2n) is 5.92. The summed E-state index contributed by atoms with van der Waals surface area (Å²) < 4.78 is 1.20. The predicted molar refractivity (Wildman–Crippen MR) is 80.0 cm³/mol. The van der Waals surface area contributed by atoms with Crippen LogP contribution in [-0.4, -0.2) is 33.0 Å². The lowest BCUT2D eigenvalue weighted by molar-refractivity contribution is -0.140. The molecule has 1 aromatic heterocycles. The number of amides is 4. The SMILES string of the molecule is O=C(Cn1ccccc1=O)NN1C(=O)NC2(CCCCC2)C1=O. The standard InChI is InChI=1S/C15H18N4O4/c20-11(10-18-9-5-2-6-12(18)21)17-19-13(22)15(16-14(19)23)7-3-1-4-8-15/h2,5-6,9H,1,3-4,7-8,10H2,(H,16,23)(H,17,20). The molecule has 0 bridgehead atoms. The lowest BCUT2D eigenvalue weighted by Crippen LogP contribution is -2.51. The van der Waals surface area contributed by atoms with E-state index in [-0.39, 0.29) is 12.1 Å². The van der Waals surface area contributed by atoms with Crippen molar-refractivity contribution in [3.05, 3.63) is 34.7 Å². The van der Waals surface area contributed by atoms with E-state index in [1.54, 1.807) is 12.1 Å². The second-order valence-corrected chi connectivity index (χ2v) is 5.92. The first-order valence-electron chi connectivity index (χ1n) is 7.63. The molecule has 1 saturated carbocycles. The maximum Gasteiger partial charge on any atom is 0.344 e. The summed E-state index contributed by atoms with van der Waals surface area (Å²) in [6.07, 6.45) is 5.41. The van der Waals surface area contributed by atoms with Gasteiger partial charge in [0, 0.05) is 12.3 Å². The average molecular weight is 318 g/mol.